The van der Waals surface area contributed by atoms with Crippen molar-refractivity contribution in [2.45, 2.75) is 64.0 Å². The van der Waals surface area contributed by atoms with Gasteiger partial charge in [-0.05, 0) is 101 Å². The van der Waals surface area contributed by atoms with Gasteiger partial charge in [0.1, 0.15) is 10.3 Å². The van der Waals surface area contributed by atoms with Gasteiger partial charge in [0, 0.05) is 23.2 Å². The standard InChI is InChI=1S/C26H27BrClFN6O3/c1-15-4-22(31-33(15)12-18-2-3-19(29)6-21(18)28)30-23(36)11-25-7-16-5-17(8-25)10-26(9-16,14-25)34-13-20(27)24(32-34)35(37)38/h2-4,6,13,16-17H,5,7-12,14H2,1H3,(H,30,31,36). The average molecular weight is 606 g/mol. The molecule has 0 spiro atoms. The summed E-state index contributed by atoms with van der Waals surface area (Å²) in [5.41, 5.74) is 1.12. The van der Waals surface area contributed by atoms with Crippen molar-refractivity contribution in [3.8, 4) is 0 Å². The predicted molar refractivity (Wildman–Crippen MR) is 142 cm³/mol. The van der Waals surface area contributed by atoms with Crippen LogP contribution in [0.1, 0.15) is 56.2 Å². The number of halogens is 3. The van der Waals surface area contributed by atoms with Crippen molar-refractivity contribution in [3.05, 3.63) is 67.1 Å². The highest BCUT2D eigenvalue weighted by Crippen LogP contribution is 2.65. The molecule has 12 heteroatoms. The minimum Gasteiger partial charge on any atom is -0.358 e. The molecule has 4 fully saturated rings. The van der Waals surface area contributed by atoms with Gasteiger partial charge in [0.05, 0.1) is 23.4 Å². The molecule has 4 aliphatic carbocycles. The fraction of sp³-hybridized carbons (Fsp3) is 0.500. The van der Waals surface area contributed by atoms with E-state index in [0.29, 0.717) is 40.1 Å². The van der Waals surface area contributed by atoms with E-state index in [1.165, 1.54) is 12.1 Å². The Labute approximate surface area is 232 Å². The first-order valence-electron chi connectivity index (χ1n) is 12.7. The predicted octanol–water partition coefficient (Wildman–Crippen LogP) is 6.22. The summed E-state index contributed by atoms with van der Waals surface area (Å²) in [4.78, 5) is 24.3. The highest BCUT2D eigenvalue weighted by atomic mass is 79.9. The van der Waals surface area contributed by atoms with Crippen LogP contribution >= 0.6 is 27.5 Å². The van der Waals surface area contributed by atoms with Crippen LogP contribution in [0.25, 0.3) is 0 Å². The number of carbonyl (C=O) groups excluding carboxylic acids is 1. The highest BCUT2D eigenvalue weighted by Gasteiger charge is 2.60. The van der Waals surface area contributed by atoms with Gasteiger partial charge < -0.3 is 15.4 Å². The van der Waals surface area contributed by atoms with Gasteiger partial charge in [-0.3, -0.25) is 9.48 Å². The molecular formula is C26H27BrClFN6O3. The largest absolute Gasteiger partial charge is 0.404 e. The normalized spacial score (nSPS) is 27.6. The molecule has 1 amide bonds. The molecule has 1 N–H and O–H groups in total. The van der Waals surface area contributed by atoms with E-state index < -0.39 is 10.7 Å². The Morgan fingerprint density at radius 3 is 2.66 bits per heavy atom. The molecule has 4 bridgehead atoms. The monoisotopic (exact) mass is 604 g/mol. The maximum atomic E-state index is 13.4. The smallest absolute Gasteiger partial charge is 0.358 e. The van der Waals surface area contributed by atoms with E-state index in [1.807, 2.05) is 17.7 Å². The second kappa shape index (κ2) is 9.15. The molecule has 38 heavy (non-hydrogen) atoms. The van der Waals surface area contributed by atoms with E-state index in [4.69, 9.17) is 11.6 Å². The Balaban J connectivity index is 1.18. The maximum Gasteiger partial charge on any atom is 0.404 e. The van der Waals surface area contributed by atoms with Crippen LogP contribution in [0.4, 0.5) is 16.0 Å². The molecule has 3 aromatic rings. The number of nitro groups is 1. The van der Waals surface area contributed by atoms with Gasteiger partial charge in [-0.25, -0.2) is 4.39 Å². The van der Waals surface area contributed by atoms with Crippen LogP contribution in [-0.2, 0) is 16.9 Å². The Kier molecular flexibility index (Phi) is 6.14. The molecule has 9 nitrogen and oxygen atoms in total. The van der Waals surface area contributed by atoms with Gasteiger partial charge in [-0.2, -0.15) is 9.78 Å². The van der Waals surface area contributed by atoms with Crippen molar-refractivity contribution in [3.63, 3.8) is 0 Å². The molecule has 2 unspecified atom stereocenters. The van der Waals surface area contributed by atoms with Gasteiger partial charge in [-0.1, -0.05) is 17.7 Å². The summed E-state index contributed by atoms with van der Waals surface area (Å²) < 4.78 is 17.3. The molecule has 2 aromatic heterocycles. The lowest BCUT2D eigenvalue weighted by Gasteiger charge is -2.61. The van der Waals surface area contributed by atoms with E-state index in [9.17, 15) is 19.3 Å². The van der Waals surface area contributed by atoms with E-state index in [2.05, 4.69) is 31.4 Å². The molecule has 2 atom stereocenters. The van der Waals surface area contributed by atoms with Gasteiger partial charge in [0.15, 0.2) is 5.82 Å². The molecule has 0 aliphatic heterocycles. The zero-order chi connectivity index (χ0) is 26.8. The van der Waals surface area contributed by atoms with Crippen molar-refractivity contribution in [1.29, 1.82) is 0 Å². The van der Waals surface area contributed by atoms with Crippen molar-refractivity contribution in [2.24, 2.45) is 17.3 Å². The topological polar surface area (TPSA) is 108 Å². The summed E-state index contributed by atoms with van der Waals surface area (Å²) in [6.07, 6.45) is 7.89. The third-order valence-corrected chi connectivity index (χ3v) is 9.49. The number of carbonyl (C=O) groups is 1. The summed E-state index contributed by atoms with van der Waals surface area (Å²) in [6, 6.07) is 6.08. The van der Waals surface area contributed by atoms with Crippen LogP contribution in [0.2, 0.25) is 5.02 Å². The summed E-state index contributed by atoms with van der Waals surface area (Å²) in [6.45, 7) is 2.26. The third-order valence-electron chi connectivity index (χ3n) is 8.58. The van der Waals surface area contributed by atoms with E-state index in [0.717, 1.165) is 49.8 Å². The van der Waals surface area contributed by atoms with Crippen LogP contribution in [0.15, 0.2) is 34.9 Å². The molecule has 1 aromatic carbocycles. The van der Waals surface area contributed by atoms with Gasteiger partial charge >= 0.3 is 5.82 Å². The lowest BCUT2D eigenvalue weighted by Crippen LogP contribution is -2.57. The first-order valence-corrected chi connectivity index (χ1v) is 13.9. The second-order valence-corrected chi connectivity index (χ2v) is 12.7. The molecular weight excluding hydrogens is 579 g/mol. The fourth-order valence-corrected chi connectivity index (χ4v) is 8.30. The SMILES string of the molecule is Cc1cc(NC(=O)CC23CC4CC(C2)CC(n2cc(Br)c([N+](=O)[O-])n2)(C4)C3)nn1Cc1ccc(F)cc1Cl. The highest BCUT2D eigenvalue weighted by molar-refractivity contribution is 9.10. The van der Waals surface area contributed by atoms with Crippen LogP contribution in [0, 0.1) is 40.1 Å². The lowest BCUT2D eigenvalue weighted by atomic mass is 9.46. The Hall–Kier alpha value is -2.79. The van der Waals surface area contributed by atoms with Crippen molar-refractivity contribution < 1.29 is 14.1 Å². The molecule has 200 valence electrons. The molecule has 2 heterocycles. The Morgan fingerprint density at radius 2 is 2.00 bits per heavy atom. The second-order valence-electron chi connectivity index (χ2n) is 11.5. The molecule has 4 saturated carbocycles. The van der Waals surface area contributed by atoms with Crippen molar-refractivity contribution >= 4 is 45.1 Å². The molecule has 7 rings (SSSR count). The van der Waals surface area contributed by atoms with Gasteiger partial charge in [0.2, 0.25) is 5.91 Å². The molecule has 4 aliphatic rings. The zero-order valence-corrected chi connectivity index (χ0v) is 23.1. The quantitative estimate of drug-likeness (QED) is 0.254. The Morgan fingerprint density at radius 1 is 1.26 bits per heavy atom. The zero-order valence-electron chi connectivity index (χ0n) is 20.8. The number of aromatic nitrogens is 4. The summed E-state index contributed by atoms with van der Waals surface area (Å²) >= 11 is 9.48. The minimum absolute atomic E-state index is 0.0841. The first-order chi connectivity index (χ1) is 18.0. The van der Waals surface area contributed by atoms with Crippen molar-refractivity contribution in [2.75, 3.05) is 5.32 Å². The summed E-state index contributed by atoms with van der Waals surface area (Å²) in [5, 5.41) is 23.6. The van der Waals surface area contributed by atoms with Gasteiger partial charge in [-0.15, -0.1) is 0 Å². The number of hydrogen-bond donors (Lipinski definition) is 1. The van der Waals surface area contributed by atoms with Crippen molar-refractivity contribution in [1.82, 2.24) is 19.6 Å². The lowest BCUT2D eigenvalue weighted by molar-refractivity contribution is -0.390. The molecule has 0 radical (unpaired) electrons. The molecule has 0 saturated heterocycles. The number of anilines is 1. The number of nitrogens with zero attached hydrogens (tertiary/aromatic N) is 5. The van der Waals surface area contributed by atoms with Crippen LogP contribution in [0.3, 0.4) is 0 Å². The summed E-state index contributed by atoms with van der Waals surface area (Å²) in [7, 11) is 0. The fourth-order valence-electron chi connectivity index (χ4n) is 7.66. The van der Waals surface area contributed by atoms with E-state index in [1.54, 1.807) is 16.9 Å². The number of hydrogen-bond acceptors (Lipinski definition) is 5. The van der Waals surface area contributed by atoms with Crippen LogP contribution in [0.5, 0.6) is 0 Å². The number of rotatable bonds is 7. The average Bonchev–Trinajstić information content (AvgIpc) is 3.36. The first kappa shape index (κ1) is 25.5. The Bertz CT molecular complexity index is 1440. The number of benzene rings is 1. The van der Waals surface area contributed by atoms with Crippen LogP contribution in [-0.4, -0.2) is 30.4 Å². The van der Waals surface area contributed by atoms with Gasteiger partial charge in [0.25, 0.3) is 0 Å². The van der Waals surface area contributed by atoms with E-state index in [-0.39, 0.29) is 22.7 Å². The van der Waals surface area contributed by atoms with Crippen LogP contribution < -0.4 is 5.32 Å². The minimum atomic E-state index is -0.463. The van der Waals surface area contributed by atoms with E-state index >= 15 is 0 Å². The summed E-state index contributed by atoms with van der Waals surface area (Å²) in [5.74, 6) is 0.783. The number of amides is 1. The number of nitrogens with one attached hydrogen (secondary N) is 1. The number of aryl methyl sites for hydroxylation is 1. The third kappa shape index (κ3) is 4.53. The maximum absolute atomic E-state index is 13.4.